The molecule has 0 aliphatic carbocycles. The summed E-state index contributed by atoms with van der Waals surface area (Å²) in [5, 5.41) is 0. The lowest BCUT2D eigenvalue weighted by Crippen LogP contribution is -2.08. The first-order valence-electron chi connectivity index (χ1n) is 6.97. The molecule has 0 saturated carbocycles. The molecular weight excluding hydrogens is 272 g/mol. The molecule has 5 heteroatoms. The number of ketones is 1. The van der Waals surface area contributed by atoms with Crippen molar-refractivity contribution in [1.82, 2.24) is 0 Å². The lowest BCUT2D eigenvalue weighted by molar-refractivity contribution is 0.0489. The normalized spacial score (nSPS) is 10.4. The van der Waals surface area contributed by atoms with E-state index in [2.05, 4.69) is 0 Å². The third kappa shape index (κ3) is 6.51. The molecule has 0 N–H and O–H groups in total. The van der Waals surface area contributed by atoms with Gasteiger partial charge in [-0.3, -0.25) is 4.79 Å². The van der Waals surface area contributed by atoms with Crippen LogP contribution in [0.2, 0.25) is 0 Å². The minimum Gasteiger partial charge on any atom is -0.462 e. The zero-order valence-corrected chi connectivity index (χ0v) is 12.6. The third-order valence-electron chi connectivity index (χ3n) is 2.95. The molecule has 1 aromatic carbocycles. The van der Waals surface area contributed by atoms with Crippen molar-refractivity contribution in [2.24, 2.45) is 0 Å². The molecule has 0 aromatic heterocycles. The summed E-state index contributed by atoms with van der Waals surface area (Å²) in [7, 11) is 3.19. The van der Waals surface area contributed by atoms with Gasteiger partial charge in [0.05, 0.1) is 18.8 Å². The molecule has 0 atom stereocenters. The number of rotatable bonds is 10. The highest BCUT2D eigenvalue weighted by atomic mass is 16.5. The van der Waals surface area contributed by atoms with Gasteiger partial charge in [0.1, 0.15) is 0 Å². The number of unbranched alkanes of at least 4 members (excludes halogenated alkanes) is 1. The van der Waals surface area contributed by atoms with Gasteiger partial charge in [0, 0.05) is 32.8 Å². The molecule has 0 saturated heterocycles. The Morgan fingerprint density at radius 2 is 1.43 bits per heavy atom. The van der Waals surface area contributed by atoms with E-state index in [0.717, 1.165) is 12.8 Å². The van der Waals surface area contributed by atoms with E-state index >= 15 is 0 Å². The fraction of sp³-hybridized carbons (Fsp3) is 0.500. The van der Waals surface area contributed by atoms with Crippen LogP contribution in [0.1, 0.15) is 40.0 Å². The predicted molar refractivity (Wildman–Crippen MR) is 78.7 cm³/mol. The van der Waals surface area contributed by atoms with Gasteiger partial charge in [-0.15, -0.1) is 0 Å². The number of ether oxygens (including phenoxy) is 3. The summed E-state index contributed by atoms with van der Waals surface area (Å²) in [4.78, 5) is 23.5. The van der Waals surface area contributed by atoms with Gasteiger partial charge in [0.25, 0.3) is 0 Å². The number of methoxy groups -OCH3 is 2. The fourth-order valence-electron chi connectivity index (χ4n) is 1.73. The van der Waals surface area contributed by atoms with Gasteiger partial charge < -0.3 is 14.2 Å². The molecule has 1 rings (SSSR count). The number of hydrogen-bond donors (Lipinski definition) is 0. The third-order valence-corrected chi connectivity index (χ3v) is 2.95. The minimum absolute atomic E-state index is 0.00340. The SMILES string of the molecule is COCCCCOC(=O)c1ccc(C(=O)CCOC)cc1. The molecule has 21 heavy (non-hydrogen) atoms. The molecule has 0 fully saturated rings. The first-order valence-corrected chi connectivity index (χ1v) is 6.97. The van der Waals surface area contributed by atoms with Gasteiger partial charge in [-0.05, 0) is 25.0 Å². The Balaban J connectivity index is 2.42. The molecule has 0 spiro atoms. The van der Waals surface area contributed by atoms with Crippen LogP contribution in [0.3, 0.4) is 0 Å². The van der Waals surface area contributed by atoms with Crippen LogP contribution in [-0.2, 0) is 14.2 Å². The summed E-state index contributed by atoms with van der Waals surface area (Å²) in [6.45, 7) is 1.43. The van der Waals surface area contributed by atoms with E-state index in [-0.39, 0.29) is 11.8 Å². The lowest BCUT2D eigenvalue weighted by atomic mass is 10.1. The molecule has 0 bridgehead atoms. The Kier molecular flexibility index (Phi) is 8.31. The van der Waals surface area contributed by atoms with Crippen molar-refractivity contribution in [3.63, 3.8) is 0 Å². The smallest absolute Gasteiger partial charge is 0.338 e. The summed E-state index contributed by atoms with van der Waals surface area (Å²) in [5.74, 6) is -0.375. The summed E-state index contributed by atoms with van der Waals surface area (Å²) < 4.78 is 14.9. The number of benzene rings is 1. The molecule has 5 nitrogen and oxygen atoms in total. The van der Waals surface area contributed by atoms with Crippen LogP contribution in [0.5, 0.6) is 0 Å². The monoisotopic (exact) mass is 294 g/mol. The maximum Gasteiger partial charge on any atom is 0.338 e. The largest absolute Gasteiger partial charge is 0.462 e. The average molecular weight is 294 g/mol. The van der Waals surface area contributed by atoms with E-state index in [1.54, 1.807) is 38.5 Å². The summed E-state index contributed by atoms with van der Waals surface area (Å²) in [6, 6.07) is 6.49. The first kappa shape index (κ1) is 17.3. The minimum atomic E-state index is -0.372. The van der Waals surface area contributed by atoms with Gasteiger partial charge in [0.2, 0.25) is 0 Å². The molecule has 0 heterocycles. The van der Waals surface area contributed by atoms with Crippen molar-refractivity contribution >= 4 is 11.8 Å². The van der Waals surface area contributed by atoms with Crippen molar-refractivity contribution in [2.45, 2.75) is 19.3 Å². The van der Waals surface area contributed by atoms with E-state index in [9.17, 15) is 9.59 Å². The van der Waals surface area contributed by atoms with Gasteiger partial charge in [-0.2, -0.15) is 0 Å². The number of carbonyl (C=O) groups is 2. The molecule has 0 aliphatic heterocycles. The van der Waals surface area contributed by atoms with Crippen LogP contribution < -0.4 is 0 Å². The second kappa shape index (κ2) is 10.1. The Hall–Kier alpha value is -1.72. The van der Waals surface area contributed by atoms with Crippen LogP contribution >= 0.6 is 0 Å². The zero-order chi connectivity index (χ0) is 15.5. The Morgan fingerprint density at radius 1 is 0.857 bits per heavy atom. The topological polar surface area (TPSA) is 61.8 Å². The molecule has 116 valence electrons. The molecule has 0 amide bonds. The quantitative estimate of drug-likeness (QED) is 0.377. The van der Waals surface area contributed by atoms with Gasteiger partial charge in [-0.1, -0.05) is 12.1 Å². The van der Waals surface area contributed by atoms with Crippen molar-refractivity contribution in [3.05, 3.63) is 35.4 Å². The van der Waals surface area contributed by atoms with Gasteiger partial charge in [0.15, 0.2) is 5.78 Å². The van der Waals surface area contributed by atoms with Crippen molar-refractivity contribution in [1.29, 1.82) is 0 Å². The van der Waals surface area contributed by atoms with Crippen LogP contribution in [0.15, 0.2) is 24.3 Å². The maximum absolute atomic E-state index is 11.8. The fourth-order valence-corrected chi connectivity index (χ4v) is 1.73. The Labute approximate surface area is 125 Å². The molecular formula is C16H22O5. The Bertz CT molecular complexity index is 438. The summed E-state index contributed by atoms with van der Waals surface area (Å²) in [6.07, 6.45) is 1.96. The lowest BCUT2D eigenvalue weighted by Gasteiger charge is -2.05. The van der Waals surface area contributed by atoms with Crippen LogP contribution in [0.25, 0.3) is 0 Å². The van der Waals surface area contributed by atoms with E-state index < -0.39 is 0 Å². The highest BCUT2D eigenvalue weighted by Crippen LogP contribution is 2.09. The standard InChI is InChI=1S/C16H22O5/c1-19-10-3-4-11-21-16(18)14-7-5-13(6-8-14)15(17)9-12-20-2/h5-8H,3-4,9-12H2,1-2H3. The van der Waals surface area contributed by atoms with Crippen LogP contribution in [-0.4, -0.2) is 45.8 Å². The number of Topliss-reactive ketones (excluding diaryl/α,β-unsaturated/α-hetero) is 1. The van der Waals surface area contributed by atoms with Crippen molar-refractivity contribution < 1.29 is 23.8 Å². The van der Waals surface area contributed by atoms with E-state index in [1.165, 1.54) is 0 Å². The van der Waals surface area contributed by atoms with E-state index in [1.807, 2.05) is 0 Å². The second-order valence-corrected chi connectivity index (χ2v) is 4.58. The van der Waals surface area contributed by atoms with Gasteiger partial charge in [-0.25, -0.2) is 4.79 Å². The first-order chi connectivity index (χ1) is 10.2. The second-order valence-electron chi connectivity index (χ2n) is 4.58. The van der Waals surface area contributed by atoms with Crippen molar-refractivity contribution in [3.8, 4) is 0 Å². The Morgan fingerprint density at radius 3 is 2.05 bits per heavy atom. The molecule has 0 aliphatic rings. The number of carbonyl (C=O) groups excluding carboxylic acids is 2. The van der Waals surface area contributed by atoms with E-state index in [0.29, 0.717) is 37.4 Å². The maximum atomic E-state index is 11.8. The average Bonchev–Trinajstić information content (AvgIpc) is 2.52. The van der Waals surface area contributed by atoms with Crippen molar-refractivity contribution in [2.75, 3.05) is 34.0 Å². The highest BCUT2D eigenvalue weighted by molar-refractivity contribution is 5.97. The van der Waals surface area contributed by atoms with Gasteiger partial charge >= 0.3 is 5.97 Å². The number of hydrogen-bond acceptors (Lipinski definition) is 5. The molecule has 0 unspecified atom stereocenters. The van der Waals surface area contributed by atoms with Crippen LogP contribution in [0, 0.1) is 0 Å². The summed E-state index contributed by atoms with van der Waals surface area (Å²) >= 11 is 0. The zero-order valence-electron chi connectivity index (χ0n) is 12.6. The molecule has 0 radical (unpaired) electrons. The predicted octanol–water partition coefficient (Wildman–Crippen LogP) is 2.49. The molecule has 1 aromatic rings. The number of esters is 1. The highest BCUT2D eigenvalue weighted by Gasteiger charge is 2.09. The van der Waals surface area contributed by atoms with Crippen LogP contribution in [0.4, 0.5) is 0 Å². The summed E-state index contributed by atoms with van der Waals surface area (Å²) in [5.41, 5.74) is 1.02. The van der Waals surface area contributed by atoms with E-state index in [4.69, 9.17) is 14.2 Å².